The third-order valence-electron chi connectivity index (χ3n) is 4.22. The first-order valence-electron chi connectivity index (χ1n) is 9.48. The van der Waals surface area contributed by atoms with Gasteiger partial charge in [0, 0.05) is 10.9 Å². The molecule has 1 amide bonds. The molecule has 0 aliphatic rings. The quantitative estimate of drug-likeness (QED) is 0.397. The number of carbonyl (C=O) groups excluding carboxylic acids is 2. The molecular formula is C24H18N2O4S. The monoisotopic (exact) mass is 430 g/mol. The fraction of sp³-hybridized carbons (Fsp3) is 0.0417. The van der Waals surface area contributed by atoms with Crippen molar-refractivity contribution in [1.29, 1.82) is 0 Å². The second-order valence-electron chi connectivity index (χ2n) is 6.47. The number of nitrogens with zero attached hydrogens (tertiary/aromatic N) is 1. The number of hydrogen-bond donors (Lipinski definition) is 1. The van der Waals surface area contributed by atoms with E-state index in [-0.39, 0.29) is 0 Å². The summed E-state index contributed by atoms with van der Waals surface area (Å²) in [7, 11) is 0. The van der Waals surface area contributed by atoms with Gasteiger partial charge >= 0.3 is 5.97 Å². The lowest BCUT2D eigenvalue weighted by Gasteiger charge is -2.07. The van der Waals surface area contributed by atoms with Gasteiger partial charge in [-0.15, -0.1) is 11.3 Å². The van der Waals surface area contributed by atoms with Crippen LogP contribution in [0.5, 0.6) is 11.5 Å². The lowest BCUT2D eigenvalue weighted by molar-refractivity contribution is -0.119. The predicted octanol–water partition coefficient (Wildman–Crippen LogP) is 5.40. The minimum absolute atomic E-state index is 0.328. The van der Waals surface area contributed by atoms with Gasteiger partial charge in [-0.1, -0.05) is 48.5 Å². The summed E-state index contributed by atoms with van der Waals surface area (Å²) in [5, 5.41) is 4.95. The molecule has 1 heterocycles. The van der Waals surface area contributed by atoms with Crippen molar-refractivity contribution in [2.75, 3.05) is 11.9 Å². The van der Waals surface area contributed by atoms with Crippen molar-refractivity contribution in [2.24, 2.45) is 0 Å². The van der Waals surface area contributed by atoms with Crippen LogP contribution in [0.1, 0.15) is 10.4 Å². The first kappa shape index (κ1) is 20.3. The highest BCUT2D eigenvalue weighted by Gasteiger charge is 2.12. The number of esters is 1. The standard InChI is InChI=1S/C24H18N2O4S/c27-22(26-24-25-21(16-31-24)17-7-3-1-4-8-17)15-29-23(28)18-11-13-20(14-12-18)30-19-9-5-2-6-10-19/h1-14,16H,15H2,(H,25,26,27). The average Bonchev–Trinajstić information content (AvgIpc) is 3.28. The topological polar surface area (TPSA) is 77.5 Å². The van der Waals surface area contributed by atoms with E-state index in [0.717, 1.165) is 11.3 Å². The molecule has 1 N–H and O–H groups in total. The molecule has 0 spiro atoms. The van der Waals surface area contributed by atoms with E-state index in [4.69, 9.17) is 9.47 Å². The largest absolute Gasteiger partial charge is 0.457 e. The van der Waals surface area contributed by atoms with E-state index >= 15 is 0 Å². The van der Waals surface area contributed by atoms with Gasteiger partial charge in [0.25, 0.3) is 5.91 Å². The lowest BCUT2D eigenvalue weighted by Crippen LogP contribution is -2.20. The summed E-state index contributed by atoms with van der Waals surface area (Å²) in [6.45, 7) is -0.401. The number of thiazole rings is 1. The summed E-state index contributed by atoms with van der Waals surface area (Å²) in [4.78, 5) is 28.7. The number of hydrogen-bond acceptors (Lipinski definition) is 6. The maximum Gasteiger partial charge on any atom is 0.338 e. The molecule has 3 aromatic carbocycles. The van der Waals surface area contributed by atoms with Crippen molar-refractivity contribution >= 4 is 28.3 Å². The molecule has 4 aromatic rings. The third kappa shape index (κ3) is 5.55. The van der Waals surface area contributed by atoms with Gasteiger partial charge < -0.3 is 9.47 Å². The summed E-state index contributed by atoms with van der Waals surface area (Å²) in [6, 6.07) is 25.5. The minimum atomic E-state index is -0.592. The van der Waals surface area contributed by atoms with Crippen molar-refractivity contribution in [1.82, 2.24) is 4.98 Å². The number of ether oxygens (including phenoxy) is 2. The summed E-state index contributed by atoms with van der Waals surface area (Å²) < 4.78 is 10.8. The first-order chi connectivity index (χ1) is 15.2. The Hall–Kier alpha value is -3.97. The van der Waals surface area contributed by atoms with Gasteiger partial charge in [-0.05, 0) is 36.4 Å². The highest BCUT2D eigenvalue weighted by atomic mass is 32.1. The van der Waals surface area contributed by atoms with Crippen LogP contribution in [-0.2, 0) is 9.53 Å². The van der Waals surface area contributed by atoms with E-state index < -0.39 is 18.5 Å². The van der Waals surface area contributed by atoms with Crippen molar-refractivity contribution in [3.63, 3.8) is 0 Å². The maximum atomic E-state index is 12.2. The number of para-hydroxylation sites is 1. The zero-order valence-corrected chi connectivity index (χ0v) is 17.2. The SMILES string of the molecule is O=C(COC(=O)c1ccc(Oc2ccccc2)cc1)Nc1nc(-c2ccccc2)cs1. The third-order valence-corrected chi connectivity index (χ3v) is 4.98. The number of benzene rings is 3. The molecule has 0 aliphatic heterocycles. The van der Waals surface area contributed by atoms with Crippen molar-refractivity contribution in [2.45, 2.75) is 0 Å². The number of carbonyl (C=O) groups is 2. The van der Waals surface area contributed by atoms with E-state index in [1.165, 1.54) is 11.3 Å². The van der Waals surface area contributed by atoms with Crippen LogP contribution >= 0.6 is 11.3 Å². The van der Waals surface area contributed by atoms with Gasteiger partial charge in [0.2, 0.25) is 0 Å². The summed E-state index contributed by atoms with van der Waals surface area (Å²) in [6.07, 6.45) is 0. The molecule has 6 nitrogen and oxygen atoms in total. The summed E-state index contributed by atoms with van der Waals surface area (Å²) in [5.41, 5.74) is 2.06. The molecule has 0 atom stereocenters. The average molecular weight is 430 g/mol. The number of rotatable bonds is 7. The van der Waals surface area contributed by atoms with Crippen LogP contribution in [0, 0.1) is 0 Å². The van der Waals surface area contributed by atoms with E-state index in [0.29, 0.717) is 22.2 Å². The second kappa shape index (κ2) is 9.69. The van der Waals surface area contributed by atoms with Gasteiger partial charge in [-0.2, -0.15) is 0 Å². The maximum absolute atomic E-state index is 12.2. The van der Waals surface area contributed by atoms with Crippen molar-refractivity contribution < 1.29 is 19.1 Å². The van der Waals surface area contributed by atoms with Crippen molar-refractivity contribution in [3.05, 3.63) is 95.9 Å². The molecule has 0 unspecified atom stereocenters. The number of anilines is 1. The Morgan fingerprint density at radius 1 is 0.839 bits per heavy atom. The first-order valence-corrected chi connectivity index (χ1v) is 10.4. The molecule has 154 valence electrons. The predicted molar refractivity (Wildman–Crippen MR) is 119 cm³/mol. The van der Waals surface area contributed by atoms with Gasteiger partial charge in [-0.25, -0.2) is 9.78 Å². The van der Waals surface area contributed by atoms with Crippen LogP contribution in [0.3, 0.4) is 0 Å². The molecule has 1 aromatic heterocycles. The van der Waals surface area contributed by atoms with Crippen LogP contribution in [-0.4, -0.2) is 23.5 Å². The number of nitrogens with one attached hydrogen (secondary N) is 1. The van der Waals surface area contributed by atoms with E-state index in [2.05, 4.69) is 10.3 Å². The molecule has 0 fully saturated rings. The van der Waals surface area contributed by atoms with Crippen LogP contribution in [0.2, 0.25) is 0 Å². The zero-order chi connectivity index (χ0) is 21.5. The zero-order valence-electron chi connectivity index (χ0n) is 16.4. The molecule has 0 bridgehead atoms. The Kier molecular flexibility index (Phi) is 6.35. The Balaban J connectivity index is 1.27. The van der Waals surface area contributed by atoms with Gasteiger partial charge in [0.1, 0.15) is 11.5 Å². The molecule has 4 rings (SSSR count). The number of amides is 1. The molecular weight excluding hydrogens is 412 g/mol. The molecule has 7 heteroatoms. The fourth-order valence-electron chi connectivity index (χ4n) is 2.73. The Bertz CT molecular complexity index is 1160. The molecule has 0 radical (unpaired) electrons. The molecule has 0 aliphatic carbocycles. The van der Waals surface area contributed by atoms with Gasteiger partial charge in [-0.3, -0.25) is 10.1 Å². The van der Waals surface area contributed by atoms with Crippen molar-refractivity contribution in [3.8, 4) is 22.8 Å². The fourth-order valence-corrected chi connectivity index (χ4v) is 3.46. The van der Waals surface area contributed by atoms with Crippen LogP contribution in [0.4, 0.5) is 5.13 Å². The molecule has 0 saturated heterocycles. The summed E-state index contributed by atoms with van der Waals surface area (Å²) >= 11 is 1.31. The normalized spacial score (nSPS) is 10.3. The Labute approximate surface area is 183 Å². The van der Waals surface area contributed by atoms with Crippen LogP contribution in [0.25, 0.3) is 11.3 Å². The molecule has 31 heavy (non-hydrogen) atoms. The van der Waals surface area contributed by atoms with Gasteiger partial charge in [0.15, 0.2) is 11.7 Å². The van der Waals surface area contributed by atoms with E-state index in [9.17, 15) is 9.59 Å². The van der Waals surface area contributed by atoms with Crippen LogP contribution < -0.4 is 10.1 Å². The minimum Gasteiger partial charge on any atom is -0.457 e. The highest BCUT2D eigenvalue weighted by molar-refractivity contribution is 7.14. The van der Waals surface area contributed by atoms with Gasteiger partial charge in [0.05, 0.1) is 11.3 Å². The summed E-state index contributed by atoms with van der Waals surface area (Å²) in [5.74, 6) is 0.252. The smallest absolute Gasteiger partial charge is 0.338 e. The number of aromatic nitrogens is 1. The van der Waals surface area contributed by atoms with E-state index in [1.807, 2.05) is 66.0 Å². The highest BCUT2D eigenvalue weighted by Crippen LogP contribution is 2.24. The van der Waals surface area contributed by atoms with Crippen LogP contribution in [0.15, 0.2) is 90.3 Å². The lowest BCUT2D eigenvalue weighted by atomic mass is 10.2. The molecule has 0 saturated carbocycles. The van der Waals surface area contributed by atoms with E-state index in [1.54, 1.807) is 24.3 Å². The Morgan fingerprint density at radius 3 is 2.19 bits per heavy atom. The second-order valence-corrected chi connectivity index (χ2v) is 7.33. The Morgan fingerprint density at radius 2 is 1.48 bits per heavy atom.